The average molecular weight is 348 g/mol. The Balaban J connectivity index is 0.00000484. The fraction of sp³-hybridized carbons (Fsp3) is 0.882. The van der Waals surface area contributed by atoms with Crippen LogP contribution in [0.15, 0.2) is 0 Å². The van der Waals surface area contributed by atoms with Crippen LogP contribution in [0.5, 0.6) is 0 Å². The zero-order valence-corrected chi connectivity index (χ0v) is 16.0. The van der Waals surface area contributed by atoms with Crippen molar-refractivity contribution < 1.29 is 9.59 Å². The SMILES string of the molecule is CCC(CC)N1CC(C(=O)NC(C)(CN)CC(C)C)CC1=O.Cl. The Labute approximate surface area is 147 Å². The van der Waals surface area contributed by atoms with Crippen LogP contribution in [0.25, 0.3) is 0 Å². The van der Waals surface area contributed by atoms with E-state index in [1.807, 2.05) is 11.8 Å². The number of halogens is 1. The number of likely N-dealkylation sites (tertiary alicyclic amines) is 1. The summed E-state index contributed by atoms with van der Waals surface area (Å²) in [4.78, 5) is 26.6. The lowest BCUT2D eigenvalue weighted by molar-refractivity contribution is -0.130. The van der Waals surface area contributed by atoms with Gasteiger partial charge in [-0.1, -0.05) is 27.7 Å². The quantitative estimate of drug-likeness (QED) is 0.707. The number of nitrogens with zero attached hydrogens (tertiary/aromatic N) is 1. The minimum Gasteiger partial charge on any atom is -0.349 e. The molecule has 136 valence electrons. The highest BCUT2D eigenvalue weighted by Gasteiger charge is 2.38. The third-order valence-corrected chi connectivity index (χ3v) is 4.65. The molecule has 2 amide bonds. The molecule has 0 aliphatic carbocycles. The predicted octanol–water partition coefficient (Wildman–Crippen LogP) is 2.33. The van der Waals surface area contributed by atoms with E-state index in [-0.39, 0.29) is 36.2 Å². The lowest BCUT2D eigenvalue weighted by atomic mass is 9.90. The van der Waals surface area contributed by atoms with Crippen molar-refractivity contribution in [3.8, 4) is 0 Å². The van der Waals surface area contributed by atoms with Crippen LogP contribution in [0, 0.1) is 11.8 Å². The summed E-state index contributed by atoms with van der Waals surface area (Å²) in [7, 11) is 0. The van der Waals surface area contributed by atoms with Crippen molar-refractivity contribution in [1.82, 2.24) is 10.2 Å². The number of carbonyl (C=O) groups excluding carboxylic acids is 2. The van der Waals surface area contributed by atoms with Crippen LogP contribution in [0.4, 0.5) is 0 Å². The molecular weight excluding hydrogens is 314 g/mol. The molecule has 1 heterocycles. The Hall–Kier alpha value is -0.810. The van der Waals surface area contributed by atoms with Crippen molar-refractivity contribution in [3.63, 3.8) is 0 Å². The standard InChI is InChI=1S/C17H33N3O2.ClH/c1-6-14(7-2)20-10-13(8-15(20)21)16(22)19-17(5,11-18)9-12(3)4;/h12-14H,6-11,18H2,1-5H3,(H,19,22);1H. The molecule has 0 radical (unpaired) electrons. The average Bonchev–Trinajstić information content (AvgIpc) is 2.82. The number of nitrogens with one attached hydrogen (secondary N) is 1. The van der Waals surface area contributed by atoms with Gasteiger partial charge in [0.2, 0.25) is 11.8 Å². The summed E-state index contributed by atoms with van der Waals surface area (Å²) in [5.74, 6) is 0.286. The highest BCUT2D eigenvalue weighted by atomic mass is 35.5. The molecule has 3 N–H and O–H groups in total. The van der Waals surface area contributed by atoms with E-state index in [2.05, 4.69) is 33.0 Å². The second-order valence-electron chi connectivity index (χ2n) is 7.27. The van der Waals surface area contributed by atoms with Gasteiger partial charge in [0.05, 0.1) is 5.92 Å². The van der Waals surface area contributed by atoms with Gasteiger partial charge in [0.15, 0.2) is 0 Å². The fourth-order valence-corrected chi connectivity index (χ4v) is 3.48. The van der Waals surface area contributed by atoms with Gasteiger partial charge in [-0.3, -0.25) is 9.59 Å². The van der Waals surface area contributed by atoms with Gasteiger partial charge in [-0.2, -0.15) is 0 Å². The molecule has 2 atom stereocenters. The van der Waals surface area contributed by atoms with Gasteiger partial charge in [0.25, 0.3) is 0 Å². The number of rotatable bonds is 8. The van der Waals surface area contributed by atoms with Gasteiger partial charge in [0.1, 0.15) is 0 Å². The van der Waals surface area contributed by atoms with Crippen molar-refractivity contribution in [3.05, 3.63) is 0 Å². The fourth-order valence-electron chi connectivity index (χ4n) is 3.48. The molecule has 0 aromatic carbocycles. The van der Waals surface area contributed by atoms with Crippen LogP contribution in [0.1, 0.15) is 60.3 Å². The molecule has 0 aromatic heterocycles. The van der Waals surface area contributed by atoms with Crippen molar-refractivity contribution in [1.29, 1.82) is 0 Å². The molecule has 1 fully saturated rings. The van der Waals surface area contributed by atoms with E-state index in [1.165, 1.54) is 0 Å². The molecule has 0 aromatic rings. The summed E-state index contributed by atoms with van der Waals surface area (Å²) in [6, 6.07) is 0.252. The Kier molecular flexibility index (Phi) is 9.14. The first kappa shape index (κ1) is 22.2. The summed E-state index contributed by atoms with van der Waals surface area (Å²) in [6.07, 6.45) is 3.03. The Bertz CT molecular complexity index is 399. The van der Waals surface area contributed by atoms with Crippen molar-refractivity contribution in [2.45, 2.75) is 71.9 Å². The highest BCUT2D eigenvalue weighted by Crippen LogP contribution is 2.24. The van der Waals surface area contributed by atoms with E-state index < -0.39 is 5.54 Å². The van der Waals surface area contributed by atoms with E-state index in [1.54, 1.807) is 0 Å². The summed E-state index contributed by atoms with van der Waals surface area (Å²) < 4.78 is 0. The maximum Gasteiger partial charge on any atom is 0.225 e. The van der Waals surface area contributed by atoms with Crippen LogP contribution in [-0.2, 0) is 9.59 Å². The topological polar surface area (TPSA) is 75.4 Å². The third kappa shape index (κ3) is 5.96. The number of hydrogen-bond acceptors (Lipinski definition) is 3. The molecule has 5 nitrogen and oxygen atoms in total. The molecule has 1 rings (SSSR count). The lowest BCUT2D eigenvalue weighted by Gasteiger charge is -2.32. The number of hydrogen-bond donors (Lipinski definition) is 2. The van der Waals surface area contributed by atoms with Gasteiger partial charge >= 0.3 is 0 Å². The van der Waals surface area contributed by atoms with E-state index in [4.69, 9.17) is 5.73 Å². The lowest BCUT2D eigenvalue weighted by Crippen LogP contribution is -2.54. The number of carbonyl (C=O) groups is 2. The molecule has 2 unspecified atom stereocenters. The predicted molar refractivity (Wildman–Crippen MR) is 96.5 cm³/mol. The largest absolute Gasteiger partial charge is 0.349 e. The summed E-state index contributed by atoms with van der Waals surface area (Å²) in [5.41, 5.74) is 5.46. The first-order valence-corrected chi connectivity index (χ1v) is 8.57. The molecule has 0 spiro atoms. The highest BCUT2D eigenvalue weighted by molar-refractivity contribution is 5.89. The summed E-state index contributed by atoms with van der Waals surface area (Å²) in [6.45, 7) is 11.3. The second kappa shape index (κ2) is 9.48. The third-order valence-electron chi connectivity index (χ3n) is 4.65. The minimum absolute atomic E-state index is 0. The molecule has 1 aliphatic rings. The van der Waals surface area contributed by atoms with E-state index in [9.17, 15) is 9.59 Å². The van der Waals surface area contributed by atoms with Gasteiger partial charge in [-0.15, -0.1) is 12.4 Å². The van der Waals surface area contributed by atoms with Crippen molar-refractivity contribution in [2.75, 3.05) is 13.1 Å². The minimum atomic E-state index is -0.392. The number of nitrogens with two attached hydrogens (primary N) is 1. The summed E-state index contributed by atoms with van der Waals surface area (Å²) in [5, 5.41) is 3.09. The molecule has 0 bridgehead atoms. The molecule has 0 saturated carbocycles. The molecule has 23 heavy (non-hydrogen) atoms. The van der Waals surface area contributed by atoms with Gasteiger partial charge in [-0.25, -0.2) is 0 Å². The maximum absolute atomic E-state index is 12.5. The molecule has 6 heteroatoms. The van der Waals surface area contributed by atoms with E-state index in [0.717, 1.165) is 19.3 Å². The smallest absolute Gasteiger partial charge is 0.225 e. The summed E-state index contributed by atoms with van der Waals surface area (Å²) >= 11 is 0. The van der Waals surface area contributed by atoms with Gasteiger partial charge in [0, 0.05) is 31.1 Å². The normalized spacial score (nSPS) is 20.6. The Morgan fingerprint density at radius 3 is 2.39 bits per heavy atom. The maximum atomic E-state index is 12.5. The Morgan fingerprint density at radius 2 is 1.96 bits per heavy atom. The zero-order valence-electron chi connectivity index (χ0n) is 15.2. The molecular formula is C17H34ClN3O2. The first-order valence-electron chi connectivity index (χ1n) is 8.57. The monoisotopic (exact) mass is 347 g/mol. The van der Waals surface area contributed by atoms with Crippen molar-refractivity contribution in [2.24, 2.45) is 17.6 Å². The van der Waals surface area contributed by atoms with Crippen LogP contribution in [0.3, 0.4) is 0 Å². The van der Waals surface area contributed by atoms with Crippen LogP contribution < -0.4 is 11.1 Å². The van der Waals surface area contributed by atoms with Gasteiger partial charge < -0.3 is 16.0 Å². The second-order valence-corrected chi connectivity index (χ2v) is 7.27. The van der Waals surface area contributed by atoms with E-state index >= 15 is 0 Å². The van der Waals surface area contributed by atoms with Crippen LogP contribution in [-0.4, -0.2) is 41.4 Å². The number of amides is 2. The Morgan fingerprint density at radius 1 is 1.39 bits per heavy atom. The molecule has 1 aliphatic heterocycles. The van der Waals surface area contributed by atoms with Crippen LogP contribution in [0.2, 0.25) is 0 Å². The van der Waals surface area contributed by atoms with Crippen LogP contribution >= 0.6 is 12.4 Å². The van der Waals surface area contributed by atoms with Gasteiger partial charge in [-0.05, 0) is 32.1 Å². The first-order chi connectivity index (χ1) is 10.3. The zero-order chi connectivity index (χ0) is 16.9. The van der Waals surface area contributed by atoms with Crippen molar-refractivity contribution >= 4 is 24.2 Å². The molecule has 1 saturated heterocycles. The van der Waals surface area contributed by atoms with E-state index in [0.29, 0.717) is 25.4 Å².